The van der Waals surface area contributed by atoms with Crippen molar-refractivity contribution in [2.75, 3.05) is 14.2 Å². The third-order valence-corrected chi connectivity index (χ3v) is 3.63. The number of fused-ring (bicyclic) bond motifs is 1. The molecule has 2 rings (SSSR count). The first-order valence-electron chi connectivity index (χ1n) is 6.16. The molecule has 1 aromatic heterocycles. The molecule has 5 heteroatoms. The van der Waals surface area contributed by atoms with Gasteiger partial charge in [-0.05, 0) is 24.6 Å². The average molecular weight is 272 g/mol. The molecule has 0 aliphatic heterocycles. The van der Waals surface area contributed by atoms with Gasteiger partial charge in [-0.25, -0.2) is 0 Å². The third-order valence-electron chi connectivity index (χ3n) is 3.63. The van der Waals surface area contributed by atoms with E-state index in [4.69, 9.17) is 9.47 Å². The number of hydrogen-bond donors (Lipinski definition) is 0. The molecule has 0 N–H and O–H groups in total. The van der Waals surface area contributed by atoms with Crippen LogP contribution in [-0.4, -0.2) is 24.8 Å². The molecule has 5 nitrogen and oxygen atoms in total. The SMILES string of the molecule is COC(=O)Cc1c(C)n(C)c2ccc(OC)c(C#N)c12. The molecule has 0 saturated heterocycles. The van der Waals surface area contributed by atoms with Crippen molar-refractivity contribution < 1.29 is 14.3 Å². The molecule has 0 fully saturated rings. The van der Waals surface area contributed by atoms with Crippen LogP contribution in [0.4, 0.5) is 0 Å². The zero-order valence-electron chi connectivity index (χ0n) is 12.0. The second kappa shape index (κ2) is 5.25. The van der Waals surface area contributed by atoms with Crippen LogP contribution in [0.25, 0.3) is 10.9 Å². The van der Waals surface area contributed by atoms with Crippen LogP contribution in [0, 0.1) is 18.3 Å². The number of methoxy groups -OCH3 is 2. The Labute approximate surface area is 117 Å². The molecule has 104 valence electrons. The number of aryl methyl sites for hydroxylation is 1. The normalized spacial score (nSPS) is 10.3. The van der Waals surface area contributed by atoms with Crippen LogP contribution in [0.15, 0.2) is 12.1 Å². The van der Waals surface area contributed by atoms with E-state index in [1.165, 1.54) is 14.2 Å². The average Bonchev–Trinajstić information content (AvgIpc) is 2.71. The molecule has 0 bridgehead atoms. The van der Waals surface area contributed by atoms with E-state index in [0.717, 1.165) is 22.2 Å². The van der Waals surface area contributed by atoms with Gasteiger partial charge in [-0.3, -0.25) is 4.79 Å². The Balaban J connectivity index is 2.82. The number of hydrogen-bond acceptors (Lipinski definition) is 4. The monoisotopic (exact) mass is 272 g/mol. The van der Waals surface area contributed by atoms with Crippen LogP contribution in [0.5, 0.6) is 5.75 Å². The minimum absolute atomic E-state index is 0.140. The second-order valence-electron chi connectivity index (χ2n) is 4.52. The Morgan fingerprint density at radius 2 is 2.10 bits per heavy atom. The second-order valence-corrected chi connectivity index (χ2v) is 4.52. The summed E-state index contributed by atoms with van der Waals surface area (Å²) in [4.78, 5) is 11.6. The van der Waals surface area contributed by atoms with Gasteiger partial charge in [0.05, 0.1) is 20.6 Å². The molecule has 0 atom stereocenters. The summed E-state index contributed by atoms with van der Waals surface area (Å²) in [6.07, 6.45) is 0.140. The largest absolute Gasteiger partial charge is 0.495 e. The minimum atomic E-state index is -0.327. The van der Waals surface area contributed by atoms with Crippen molar-refractivity contribution in [1.82, 2.24) is 4.57 Å². The van der Waals surface area contributed by atoms with Gasteiger partial charge in [0, 0.05) is 23.6 Å². The Bertz CT molecular complexity index is 723. The lowest BCUT2D eigenvalue weighted by Crippen LogP contribution is -2.06. The van der Waals surface area contributed by atoms with Gasteiger partial charge in [0.25, 0.3) is 0 Å². The van der Waals surface area contributed by atoms with E-state index >= 15 is 0 Å². The van der Waals surface area contributed by atoms with Crippen LogP contribution >= 0.6 is 0 Å². The molecule has 0 unspecified atom stereocenters. The quantitative estimate of drug-likeness (QED) is 0.802. The maximum Gasteiger partial charge on any atom is 0.310 e. The van der Waals surface area contributed by atoms with Crippen molar-refractivity contribution in [3.63, 3.8) is 0 Å². The lowest BCUT2D eigenvalue weighted by molar-refractivity contribution is -0.139. The molecule has 1 heterocycles. The minimum Gasteiger partial charge on any atom is -0.495 e. The van der Waals surface area contributed by atoms with E-state index in [-0.39, 0.29) is 12.4 Å². The summed E-state index contributed by atoms with van der Waals surface area (Å²) in [6.45, 7) is 1.92. The number of esters is 1. The van der Waals surface area contributed by atoms with Crippen molar-refractivity contribution in [3.8, 4) is 11.8 Å². The first kappa shape index (κ1) is 13.9. The van der Waals surface area contributed by atoms with E-state index < -0.39 is 0 Å². The Morgan fingerprint density at radius 3 is 2.65 bits per heavy atom. The number of rotatable bonds is 3. The van der Waals surface area contributed by atoms with Crippen molar-refractivity contribution in [2.24, 2.45) is 7.05 Å². The highest BCUT2D eigenvalue weighted by molar-refractivity contribution is 5.95. The first-order valence-corrected chi connectivity index (χ1v) is 6.16. The van der Waals surface area contributed by atoms with Crippen LogP contribution in [0.2, 0.25) is 0 Å². The van der Waals surface area contributed by atoms with Gasteiger partial charge < -0.3 is 14.0 Å². The van der Waals surface area contributed by atoms with Crippen molar-refractivity contribution in [1.29, 1.82) is 5.26 Å². The predicted molar refractivity (Wildman–Crippen MR) is 74.6 cm³/mol. The van der Waals surface area contributed by atoms with E-state index in [9.17, 15) is 10.1 Å². The fourth-order valence-electron chi connectivity index (χ4n) is 2.44. The molecular formula is C15H16N2O3. The topological polar surface area (TPSA) is 64.2 Å². The van der Waals surface area contributed by atoms with Gasteiger partial charge in [0.1, 0.15) is 17.4 Å². The van der Waals surface area contributed by atoms with Crippen LogP contribution < -0.4 is 4.74 Å². The van der Waals surface area contributed by atoms with Crippen molar-refractivity contribution in [3.05, 3.63) is 29.0 Å². The molecule has 1 aromatic carbocycles. The fraction of sp³-hybridized carbons (Fsp3) is 0.333. The number of nitrogens with zero attached hydrogens (tertiary/aromatic N) is 2. The summed E-state index contributed by atoms with van der Waals surface area (Å²) in [5.74, 6) is 0.184. The number of nitriles is 1. The lowest BCUT2D eigenvalue weighted by Gasteiger charge is -2.05. The summed E-state index contributed by atoms with van der Waals surface area (Å²) in [5.41, 5.74) is 3.10. The van der Waals surface area contributed by atoms with E-state index in [1.807, 2.05) is 24.6 Å². The van der Waals surface area contributed by atoms with E-state index in [1.54, 1.807) is 6.07 Å². The van der Waals surface area contributed by atoms with Gasteiger partial charge >= 0.3 is 5.97 Å². The highest BCUT2D eigenvalue weighted by Crippen LogP contribution is 2.33. The van der Waals surface area contributed by atoms with Gasteiger partial charge in [-0.15, -0.1) is 0 Å². The molecule has 0 aliphatic carbocycles. The first-order chi connectivity index (χ1) is 9.54. The van der Waals surface area contributed by atoms with E-state index in [2.05, 4.69) is 6.07 Å². The number of benzene rings is 1. The Morgan fingerprint density at radius 1 is 1.40 bits per heavy atom. The Hall–Kier alpha value is -2.48. The van der Waals surface area contributed by atoms with Gasteiger partial charge in [0.15, 0.2) is 0 Å². The van der Waals surface area contributed by atoms with Crippen LogP contribution in [-0.2, 0) is 23.0 Å². The molecule has 20 heavy (non-hydrogen) atoms. The number of carbonyl (C=O) groups excluding carboxylic acids is 1. The summed E-state index contributed by atoms with van der Waals surface area (Å²) < 4.78 is 11.9. The number of carbonyl (C=O) groups is 1. The molecule has 2 aromatic rings. The highest BCUT2D eigenvalue weighted by Gasteiger charge is 2.20. The smallest absolute Gasteiger partial charge is 0.310 e. The van der Waals surface area contributed by atoms with Crippen molar-refractivity contribution in [2.45, 2.75) is 13.3 Å². The zero-order valence-corrected chi connectivity index (χ0v) is 12.0. The highest BCUT2D eigenvalue weighted by atomic mass is 16.5. The molecule has 0 saturated carbocycles. The lowest BCUT2D eigenvalue weighted by atomic mass is 10.0. The fourth-order valence-corrected chi connectivity index (χ4v) is 2.44. The van der Waals surface area contributed by atoms with Gasteiger partial charge in [-0.1, -0.05) is 0 Å². The summed E-state index contributed by atoms with van der Waals surface area (Å²) >= 11 is 0. The maximum atomic E-state index is 11.6. The number of ether oxygens (including phenoxy) is 2. The van der Waals surface area contributed by atoms with Crippen LogP contribution in [0.3, 0.4) is 0 Å². The molecule has 0 aliphatic rings. The number of aromatic nitrogens is 1. The summed E-state index contributed by atoms with van der Waals surface area (Å²) in [6, 6.07) is 5.83. The van der Waals surface area contributed by atoms with E-state index in [0.29, 0.717) is 11.3 Å². The van der Waals surface area contributed by atoms with Crippen LogP contribution in [0.1, 0.15) is 16.8 Å². The van der Waals surface area contributed by atoms with Gasteiger partial charge in [0.2, 0.25) is 0 Å². The molecular weight excluding hydrogens is 256 g/mol. The molecule has 0 amide bonds. The zero-order chi connectivity index (χ0) is 14.9. The van der Waals surface area contributed by atoms with Gasteiger partial charge in [-0.2, -0.15) is 5.26 Å². The standard InChI is InChI=1S/C15H16N2O3/c1-9-10(7-14(18)20-4)15-11(8-16)13(19-3)6-5-12(15)17(9)2/h5-6H,7H2,1-4H3. The van der Waals surface area contributed by atoms with Crippen molar-refractivity contribution >= 4 is 16.9 Å². The molecule has 0 radical (unpaired) electrons. The summed E-state index contributed by atoms with van der Waals surface area (Å²) in [7, 11) is 4.79. The summed E-state index contributed by atoms with van der Waals surface area (Å²) in [5, 5.41) is 10.2. The maximum absolute atomic E-state index is 11.6. The Kier molecular flexibility index (Phi) is 3.66. The third kappa shape index (κ3) is 1.99. The predicted octanol–water partition coefficient (Wildman–Crippen LogP) is 2.08. The molecule has 0 spiro atoms.